The highest BCUT2D eigenvalue weighted by molar-refractivity contribution is 6.47. The largest absolute Gasteiger partial charge is 0.507 e. The Kier molecular flexibility index (Phi) is 6.18. The minimum Gasteiger partial charge on any atom is -0.507 e. The molecular formula is C23H23ClN2O4. The maximum absolute atomic E-state index is 13.0. The third-order valence-corrected chi connectivity index (χ3v) is 5.89. The number of morpholine rings is 1. The Morgan fingerprint density at radius 3 is 2.37 bits per heavy atom. The van der Waals surface area contributed by atoms with Crippen molar-refractivity contribution in [2.24, 2.45) is 0 Å². The Morgan fingerprint density at radius 2 is 1.67 bits per heavy atom. The first kappa shape index (κ1) is 20.6. The molecule has 30 heavy (non-hydrogen) atoms. The third-order valence-electron chi connectivity index (χ3n) is 5.55. The van der Waals surface area contributed by atoms with Crippen LogP contribution in [0.4, 0.5) is 0 Å². The van der Waals surface area contributed by atoms with Crippen molar-refractivity contribution in [1.29, 1.82) is 0 Å². The molecule has 0 aliphatic carbocycles. The molecule has 156 valence electrons. The van der Waals surface area contributed by atoms with Gasteiger partial charge in [0.2, 0.25) is 0 Å². The molecule has 2 aromatic carbocycles. The first-order chi connectivity index (χ1) is 14.6. The van der Waals surface area contributed by atoms with Crippen LogP contribution in [-0.2, 0) is 14.3 Å². The van der Waals surface area contributed by atoms with Crippen LogP contribution in [0.15, 0.2) is 60.2 Å². The van der Waals surface area contributed by atoms with Gasteiger partial charge in [-0.1, -0.05) is 60.1 Å². The zero-order valence-electron chi connectivity index (χ0n) is 16.5. The van der Waals surface area contributed by atoms with Gasteiger partial charge in [0.15, 0.2) is 0 Å². The van der Waals surface area contributed by atoms with Gasteiger partial charge in [0.1, 0.15) is 5.76 Å². The second-order valence-corrected chi connectivity index (χ2v) is 7.74. The van der Waals surface area contributed by atoms with E-state index in [1.165, 1.54) is 4.90 Å². The van der Waals surface area contributed by atoms with Crippen molar-refractivity contribution in [3.8, 4) is 0 Å². The van der Waals surface area contributed by atoms with Crippen molar-refractivity contribution < 1.29 is 19.4 Å². The predicted molar refractivity (Wildman–Crippen MR) is 114 cm³/mol. The van der Waals surface area contributed by atoms with Gasteiger partial charge < -0.3 is 14.7 Å². The highest BCUT2D eigenvalue weighted by atomic mass is 35.5. The summed E-state index contributed by atoms with van der Waals surface area (Å²) in [6.07, 6.45) is 0. The fraction of sp³-hybridized carbons (Fsp3) is 0.304. The van der Waals surface area contributed by atoms with Gasteiger partial charge >= 0.3 is 0 Å². The maximum atomic E-state index is 13.0. The normalized spacial score (nSPS) is 21.9. The van der Waals surface area contributed by atoms with Crippen LogP contribution in [0.1, 0.15) is 17.2 Å². The molecule has 1 amide bonds. The number of hydrogen-bond acceptors (Lipinski definition) is 5. The summed E-state index contributed by atoms with van der Waals surface area (Å²) in [7, 11) is 0. The Morgan fingerprint density at radius 1 is 1.00 bits per heavy atom. The number of likely N-dealkylation sites (tertiary alicyclic amines) is 1. The lowest BCUT2D eigenvalue weighted by Gasteiger charge is -2.31. The van der Waals surface area contributed by atoms with E-state index in [-0.39, 0.29) is 11.3 Å². The molecular weight excluding hydrogens is 404 g/mol. The number of ether oxygens (including phenoxy) is 1. The summed E-state index contributed by atoms with van der Waals surface area (Å²) >= 11 is 6.45. The van der Waals surface area contributed by atoms with Crippen molar-refractivity contribution in [1.82, 2.24) is 9.80 Å². The van der Waals surface area contributed by atoms with Gasteiger partial charge in [0, 0.05) is 36.8 Å². The average molecular weight is 427 g/mol. The number of carbonyl (C=O) groups excluding carboxylic acids is 2. The topological polar surface area (TPSA) is 70.1 Å². The van der Waals surface area contributed by atoms with Crippen LogP contribution in [0.3, 0.4) is 0 Å². The first-order valence-corrected chi connectivity index (χ1v) is 10.3. The summed E-state index contributed by atoms with van der Waals surface area (Å²) in [4.78, 5) is 29.7. The highest BCUT2D eigenvalue weighted by Crippen LogP contribution is 2.41. The van der Waals surface area contributed by atoms with Crippen molar-refractivity contribution in [2.45, 2.75) is 6.04 Å². The summed E-state index contributed by atoms with van der Waals surface area (Å²) in [6, 6.07) is 15.2. The van der Waals surface area contributed by atoms with Crippen molar-refractivity contribution in [2.75, 3.05) is 39.4 Å². The Bertz CT molecular complexity index is 970. The Hall–Kier alpha value is -2.67. The van der Waals surface area contributed by atoms with Gasteiger partial charge in [-0.2, -0.15) is 0 Å². The number of Topliss-reactive ketones (excluding diaryl/α,β-unsaturated/α-hetero) is 1. The number of aliphatic hydroxyl groups excluding tert-OH is 1. The number of nitrogens with zero attached hydrogens (tertiary/aromatic N) is 2. The van der Waals surface area contributed by atoms with E-state index in [4.69, 9.17) is 16.3 Å². The third kappa shape index (κ3) is 3.99. The minimum atomic E-state index is -0.736. The molecule has 0 aromatic heterocycles. The maximum Gasteiger partial charge on any atom is 0.295 e. The van der Waals surface area contributed by atoms with Crippen LogP contribution in [0, 0.1) is 0 Å². The van der Waals surface area contributed by atoms with E-state index >= 15 is 0 Å². The molecule has 0 spiro atoms. The summed E-state index contributed by atoms with van der Waals surface area (Å²) in [5, 5.41) is 11.4. The number of hydrogen-bond donors (Lipinski definition) is 1. The fourth-order valence-electron chi connectivity index (χ4n) is 3.96. The second kappa shape index (κ2) is 9.00. The van der Waals surface area contributed by atoms with E-state index in [0.29, 0.717) is 42.5 Å². The number of rotatable bonds is 5. The number of ketones is 1. The molecule has 4 rings (SSSR count). The van der Waals surface area contributed by atoms with Gasteiger partial charge in [-0.3, -0.25) is 14.5 Å². The summed E-state index contributed by atoms with van der Waals surface area (Å²) in [6.45, 7) is 3.84. The van der Waals surface area contributed by atoms with Crippen LogP contribution < -0.4 is 0 Å². The lowest BCUT2D eigenvalue weighted by Crippen LogP contribution is -2.42. The van der Waals surface area contributed by atoms with E-state index in [1.807, 2.05) is 12.1 Å². The van der Waals surface area contributed by atoms with Gasteiger partial charge in [-0.25, -0.2) is 0 Å². The smallest absolute Gasteiger partial charge is 0.295 e. The van der Waals surface area contributed by atoms with Crippen LogP contribution in [-0.4, -0.2) is 66.0 Å². The van der Waals surface area contributed by atoms with E-state index in [9.17, 15) is 14.7 Å². The number of halogens is 1. The van der Waals surface area contributed by atoms with E-state index in [1.54, 1.807) is 42.5 Å². The number of aliphatic hydroxyl groups is 1. The average Bonchev–Trinajstić information content (AvgIpc) is 3.03. The minimum absolute atomic E-state index is 0.0706. The molecule has 2 aromatic rings. The number of amides is 1. The summed E-state index contributed by atoms with van der Waals surface area (Å²) in [5.41, 5.74) is 1.18. The molecule has 0 bridgehead atoms. The number of carbonyl (C=O) groups is 2. The predicted octanol–water partition coefficient (Wildman–Crippen LogP) is 3.09. The molecule has 2 heterocycles. The SMILES string of the molecule is O=C1C(=O)N(CCN2CCOCC2)C(c2ccccc2Cl)/C1=C(/O)c1ccccc1. The quantitative estimate of drug-likeness (QED) is 0.452. The zero-order valence-corrected chi connectivity index (χ0v) is 17.2. The highest BCUT2D eigenvalue weighted by Gasteiger charge is 2.46. The summed E-state index contributed by atoms with van der Waals surface area (Å²) in [5.74, 6) is -1.50. The van der Waals surface area contributed by atoms with Gasteiger partial charge in [0.05, 0.1) is 24.8 Å². The molecule has 2 aliphatic rings. The van der Waals surface area contributed by atoms with Crippen molar-refractivity contribution in [3.63, 3.8) is 0 Å². The molecule has 2 saturated heterocycles. The van der Waals surface area contributed by atoms with Crippen LogP contribution in [0.5, 0.6) is 0 Å². The zero-order chi connectivity index (χ0) is 21.1. The van der Waals surface area contributed by atoms with Crippen LogP contribution in [0.2, 0.25) is 5.02 Å². The van der Waals surface area contributed by atoms with E-state index < -0.39 is 17.7 Å². The lowest BCUT2D eigenvalue weighted by molar-refractivity contribution is -0.140. The monoisotopic (exact) mass is 426 g/mol. The molecule has 1 unspecified atom stereocenters. The molecule has 0 saturated carbocycles. The standard InChI is InChI=1S/C23H23ClN2O4/c24-18-9-5-4-8-17(18)20-19(21(27)16-6-2-1-3-7-16)22(28)23(29)26(20)11-10-25-12-14-30-15-13-25/h1-9,20,27H,10-15H2/b21-19-. The van der Waals surface area contributed by atoms with Gasteiger partial charge in [0.25, 0.3) is 11.7 Å². The molecule has 0 radical (unpaired) electrons. The van der Waals surface area contributed by atoms with Crippen LogP contribution >= 0.6 is 11.6 Å². The number of benzene rings is 2. The van der Waals surface area contributed by atoms with Crippen molar-refractivity contribution >= 4 is 29.1 Å². The summed E-state index contributed by atoms with van der Waals surface area (Å²) < 4.78 is 5.38. The fourth-order valence-corrected chi connectivity index (χ4v) is 4.20. The lowest BCUT2D eigenvalue weighted by atomic mass is 9.95. The molecule has 2 aliphatic heterocycles. The Labute approximate surface area is 180 Å². The Balaban J connectivity index is 1.74. The molecule has 6 nitrogen and oxygen atoms in total. The van der Waals surface area contributed by atoms with Crippen molar-refractivity contribution in [3.05, 3.63) is 76.3 Å². The van der Waals surface area contributed by atoms with Gasteiger partial charge in [-0.05, 0) is 11.6 Å². The molecule has 2 fully saturated rings. The van der Waals surface area contributed by atoms with E-state index in [2.05, 4.69) is 4.90 Å². The first-order valence-electron chi connectivity index (χ1n) is 9.96. The van der Waals surface area contributed by atoms with Crippen LogP contribution in [0.25, 0.3) is 5.76 Å². The molecule has 1 atom stereocenters. The second-order valence-electron chi connectivity index (χ2n) is 7.33. The van der Waals surface area contributed by atoms with E-state index in [0.717, 1.165) is 13.1 Å². The van der Waals surface area contributed by atoms with Gasteiger partial charge in [-0.15, -0.1) is 0 Å². The molecule has 7 heteroatoms. The molecule has 1 N–H and O–H groups in total.